The highest BCUT2D eigenvalue weighted by atomic mass is 16.7. The quantitative estimate of drug-likeness (QED) is 0.669. The largest absolute Gasteiger partial charge is 0.465 e. The molecule has 0 aliphatic carbocycles. The van der Waals surface area contributed by atoms with Crippen LogP contribution in [0.4, 0.5) is 0 Å². The number of nitrogens with one attached hydrogen (secondary N) is 1. The van der Waals surface area contributed by atoms with Gasteiger partial charge < -0.3 is 24.1 Å². The first-order chi connectivity index (χ1) is 13.6. The van der Waals surface area contributed by atoms with Gasteiger partial charge in [0.2, 0.25) is 12.6 Å². The van der Waals surface area contributed by atoms with Crippen LogP contribution in [0.2, 0.25) is 0 Å². The standard InChI is InChI=1S/C19H15N3O6/c1-25-19(24)12-4-2-11(3-5-12)9-20-17(23)18-21-16(22-28-18)13-6-7-14-15(8-13)27-10-26-14/h2-8H,9-10H2,1H3,(H,20,23). The number of carbonyl (C=O) groups excluding carboxylic acids is 2. The fourth-order valence-electron chi connectivity index (χ4n) is 2.60. The second kappa shape index (κ2) is 7.39. The second-order valence-corrected chi connectivity index (χ2v) is 5.86. The molecule has 0 saturated heterocycles. The second-order valence-electron chi connectivity index (χ2n) is 5.86. The zero-order valence-electron chi connectivity index (χ0n) is 14.8. The molecule has 2 aromatic carbocycles. The maximum Gasteiger partial charge on any atom is 0.337 e. The first-order valence-electron chi connectivity index (χ1n) is 8.33. The number of methoxy groups -OCH3 is 1. The molecule has 9 heteroatoms. The number of carbonyl (C=O) groups is 2. The Balaban J connectivity index is 1.40. The summed E-state index contributed by atoms with van der Waals surface area (Å²) in [6.07, 6.45) is 0. The highest BCUT2D eigenvalue weighted by Crippen LogP contribution is 2.35. The maximum atomic E-state index is 12.2. The average molecular weight is 381 g/mol. The number of nitrogens with zero attached hydrogens (tertiary/aromatic N) is 2. The van der Waals surface area contributed by atoms with Gasteiger partial charge in [-0.25, -0.2) is 4.79 Å². The summed E-state index contributed by atoms with van der Waals surface area (Å²) in [5.41, 5.74) is 1.88. The Kier molecular flexibility index (Phi) is 4.63. The van der Waals surface area contributed by atoms with E-state index in [2.05, 4.69) is 20.2 Å². The van der Waals surface area contributed by atoms with Gasteiger partial charge in [0.05, 0.1) is 12.7 Å². The Hall–Kier alpha value is -3.88. The van der Waals surface area contributed by atoms with Crippen molar-refractivity contribution < 1.29 is 28.3 Å². The summed E-state index contributed by atoms with van der Waals surface area (Å²) in [6.45, 7) is 0.404. The van der Waals surface area contributed by atoms with E-state index in [-0.39, 0.29) is 25.1 Å². The van der Waals surface area contributed by atoms with E-state index in [9.17, 15) is 9.59 Å². The van der Waals surface area contributed by atoms with E-state index in [1.807, 2.05) is 0 Å². The molecule has 0 atom stereocenters. The number of esters is 1. The van der Waals surface area contributed by atoms with Crippen LogP contribution in [-0.2, 0) is 11.3 Å². The van der Waals surface area contributed by atoms with Crippen LogP contribution >= 0.6 is 0 Å². The Morgan fingerprint density at radius 2 is 1.89 bits per heavy atom. The minimum atomic E-state index is -0.503. The fraction of sp³-hybridized carbons (Fsp3) is 0.158. The molecule has 0 radical (unpaired) electrons. The lowest BCUT2D eigenvalue weighted by Crippen LogP contribution is -2.23. The number of hydrogen-bond donors (Lipinski definition) is 1. The van der Waals surface area contributed by atoms with Crippen LogP contribution in [0.1, 0.15) is 26.6 Å². The summed E-state index contributed by atoms with van der Waals surface area (Å²) in [6, 6.07) is 11.9. The fourth-order valence-corrected chi connectivity index (χ4v) is 2.60. The van der Waals surface area contributed by atoms with Crippen molar-refractivity contribution in [2.45, 2.75) is 6.54 Å². The molecule has 1 N–H and O–H groups in total. The van der Waals surface area contributed by atoms with Crippen molar-refractivity contribution in [3.63, 3.8) is 0 Å². The third kappa shape index (κ3) is 3.50. The van der Waals surface area contributed by atoms with Crippen LogP contribution < -0.4 is 14.8 Å². The molecule has 1 amide bonds. The van der Waals surface area contributed by atoms with Gasteiger partial charge in [-0.1, -0.05) is 17.3 Å². The van der Waals surface area contributed by atoms with Gasteiger partial charge in [-0.15, -0.1) is 0 Å². The Labute approximate surface area is 159 Å². The number of fused-ring (bicyclic) bond motifs is 1. The minimum Gasteiger partial charge on any atom is -0.465 e. The minimum absolute atomic E-state index is 0.154. The third-order valence-electron chi connectivity index (χ3n) is 4.08. The lowest BCUT2D eigenvalue weighted by atomic mass is 10.1. The van der Waals surface area contributed by atoms with Crippen LogP contribution in [-0.4, -0.2) is 35.9 Å². The van der Waals surface area contributed by atoms with E-state index in [0.717, 1.165) is 5.56 Å². The zero-order valence-corrected chi connectivity index (χ0v) is 14.8. The van der Waals surface area contributed by atoms with E-state index in [1.54, 1.807) is 42.5 Å². The van der Waals surface area contributed by atoms with Crippen molar-refractivity contribution in [1.29, 1.82) is 0 Å². The van der Waals surface area contributed by atoms with Gasteiger partial charge in [0, 0.05) is 12.1 Å². The van der Waals surface area contributed by atoms with E-state index < -0.39 is 11.9 Å². The molecule has 2 heterocycles. The number of hydrogen-bond acceptors (Lipinski definition) is 8. The molecule has 1 aliphatic rings. The number of aromatic nitrogens is 2. The summed E-state index contributed by atoms with van der Waals surface area (Å²) in [7, 11) is 1.32. The topological polar surface area (TPSA) is 113 Å². The van der Waals surface area contributed by atoms with Gasteiger partial charge >= 0.3 is 17.8 Å². The summed E-state index contributed by atoms with van der Waals surface area (Å²) >= 11 is 0. The van der Waals surface area contributed by atoms with Crippen LogP contribution in [0.15, 0.2) is 47.0 Å². The molecule has 1 aromatic heterocycles. The maximum absolute atomic E-state index is 12.2. The smallest absolute Gasteiger partial charge is 0.337 e. The molecular weight excluding hydrogens is 366 g/mol. The van der Waals surface area contributed by atoms with Crippen molar-refractivity contribution in [1.82, 2.24) is 15.5 Å². The lowest BCUT2D eigenvalue weighted by molar-refractivity contribution is 0.0600. The molecule has 1 aliphatic heterocycles. The molecule has 4 rings (SSSR count). The molecular formula is C19H15N3O6. The number of rotatable bonds is 5. The molecule has 0 spiro atoms. The molecule has 3 aromatic rings. The molecule has 0 bridgehead atoms. The summed E-state index contributed by atoms with van der Waals surface area (Å²) in [4.78, 5) is 27.8. The van der Waals surface area contributed by atoms with Gasteiger partial charge in [-0.3, -0.25) is 4.79 Å². The first kappa shape index (κ1) is 17.5. The molecule has 0 saturated carbocycles. The summed E-state index contributed by atoms with van der Waals surface area (Å²) in [5.74, 6) is 0.422. The van der Waals surface area contributed by atoms with E-state index in [0.29, 0.717) is 22.6 Å². The number of ether oxygens (including phenoxy) is 3. The Bertz CT molecular complexity index is 1030. The van der Waals surface area contributed by atoms with Crippen LogP contribution in [0, 0.1) is 0 Å². The Morgan fingerprint density at radius 1 is 1.11 bits per heavy atom. The Morgan fingerprint density at radius 3 is 2.68 bits per heavy atom. The number of benzene rings is 2. The SMILES string of the molecule is COC(=O)c1ccc(CNC(=O)c2nc(-c3ccc4c(c3)OCO4)no2)cc1. The van der Waals surface area contributed by atoms with Crippen molar-refractivity contribution in [3.05, 3.63) is 59.5 Å². The van der Waals surface area contributed by atoms with Gasteiger partial charge in [-0.2, -0.15) is 4.98 Å². The lowest BCUT2D eigenvalue weighted by Gasteiger charge is -2.04. The van der Waals surface area contributed by atoms with Crippen molar-refractivity contribution in [3.8, 4) is 22.9 Å². The van der Waals surface area contributed by atoms with E-state index in [1.165, 1.54) is 7.11 Å². The van der Waals surface area contributed by atoms with Crippen molar-refractivity contribution >= 4 is 11.9 Å². The monoisotopic (exact) mass is 381 g/mol. The first-order valence-corrected chi connectivity index (χ1v) is 8.33. The van der Waals surface area contributed by atoms with Crippen LogP contribution in [0.3, 0.4) is 0 Å². The van der Waals surface area contributed by atoms with Crippen molar-refractivity contribution in [2.75, 3.05) is 13.9 Å². The van der Waals surface area contributed by atoms with E-state index in [4.69, 9.17) is 14.0 Å². The molecule has 142 valence electrons. The zero-order chi connectivity index (χ0) is 19.5. The predicted octanol–water partition coefficient (Wildman–Crippen LogP) is 2.18. The molecule has 0 fully saturated rings. The highest BCUT2D eigenvalue weighted by molar-refractivity contribution is 5.90. The van der Waals surface area contributed by atoms with Crippen molar-refractivity contribution in [2.24, 2.45) is 0 Å². The predicted molar refractivity (Wildman–Crippen MR) is 94.8 cm³/mol. The third-order valence-corrected chi connectivity index (χ3v) is 4.08. The molecule has 9 nitrogen and oxygen atoms in total. The highest BCUT2D eigenvalue weighted by Gasteiger charge is 2.19. The average Bonchev–Trinajstić information content (AvgIpc) is 3.40. The van der Waals surface area contributed by atoms with Gasteiger partial charge in [-0.05, 0) is 35.9 Å². The molecule has 0 unspecified atom stereocenters. The summed E-state index contributed by atoms with van der Waals surface area (Å²) < 4.78 is 20.3. The van der Waals surface area contributed by atoms with E-state index >= 15 is 0 Å². The summed E-state index contributed by atoms with van der Waals surface area (Å²) in [5, 5.41) is 6.52. The van der Waals surface area contributed by atoms with Crippen LogP contribution in [0.25, 0.3) is 11.4 Å². The number of amides is 1. The van der Waals surface area contributed by atoms with Gasteiger partial charge in [0.15, 0.2) is 11.5 Å². The van der Waals surface area contributed by atoms with Crippen LogP contribution in [0.5, 0.6) is 11.5 Å². The normalized spacial score (nSPS) is 11.9. The van der Waals surface area contributed by atoms with Gasteiger partial charge in [0.25, 0.3) is 0 Å². The van der Waals surface area contributed by atoms with Gasteiger partial charge in [0.1, 0.15) is 0 Å². The molecule has 28 heavy (non-hydrogen) atoms.